The molecule has 0 spiro atoms. The molecule has 220 valence electrons. The number of carbonyl (C=O) groups excluding carboxylic acids is 1. The molecular weight excluding hydrogens is 589 g/mol. The van der Waals surface area contributed by atoms with E-state index in [0.717, 1.165) is 0 Å². The van der Waals surface area contributed by atoms with Gasteiger partial charge in [-0.3, -0.25) is 9.89 Å². The molecule has 14 heteroatoms. The Morgan fingerprint density at radius 1 is 1.02 bits per heavy atom. The van der Waals surface area contributed by atoms with Gasteiger partial charge in [0.25, 0.3) is 5.69 Å². The summed E-state index contributed by atoms with van der Waals surface area (Å²) in [6.07, 6.45) is 0. The molecule has 12 nitrogen and oxygen atoms in total. The van der Waals surface area contributed by atoms with Crippen molar-refractivity contribution < 1.29 is 9.42 Å². The average molecular weight is 617 g/mol. The Morgan fingerprint density at radius 2 is 1.70 bits per heavy atom. The summed E-state index contributed by atoms with van der Waals surface area (Å²) in [7, 11) is 0. The smallest absolute Gasteiger partial charge is 0.325 e. The Balaban J connectivity index is 1.41. The van der Waals surface area contributed by atoms with Crippen LogP contribution in [0.5, 0.6) is 0 Å². The monoisotopic (exact) mass is 615 g/mol. The van der Waals surface area contributed by atoms with Gasteiger partial charge in [0, 0.05) is 21.3 Å². The van der Waals surface area contributed by atoms with Crippen LogP contribution in [0.25, 0.3) is 27.2 Å². The third kappa shape index (κ3) is 6.38. The predicted molar refractivity (Wildman–Crippen MR) is 164 cm³/mol. The maximum absolute atomic E-state index is 12.4. The summed E-state index contributed by atoms with van der Waals surface area (Å²) >= 11 is 12.0. The van der Waals surface area contributed by atoms with Crippen LogP contribution in [-0.4, -0.2) is 21.2 Å². The number of nitrogens with one attached hydrogen (secondary N) is 2. The van der Waals surface area contributed by atoms with Gasteiger partial charge in [-0.15, -0.1) is 10.2 Å². The molecule has 0 aliphatic heterocycles. The molecule has 3 aromatic heterocycles. The van der Waals surface area contributed by atoms with Crippen molar-refractivity contribution in [2.24, 2.45) is 10.2 Å². The van der Waals surface area contributed by atoms with Crippen LogP contribution in [0.2, 0.25) is 10.0 Å². The number of carbonyl (C=O) groups is 1. The van der Waals surface area contributed by atoms with Crippen LogP contribution in [-0.2, 0) is 10.8 Å². The minimum atomic E-state index is -0.577. The normalized spacial score (nSPS) is 12.2. The number of hydrogen-bond acceptors (Lipinski definition) is 5. The van der Waals surface area contributed by atoms with Gasteiger partial charge in [0.15, 0.2) is 11.7 Å². The Labute approximate surface area is 257 Å². The Kier molecular flexibility index (Phi) is 7.72. The van der Waals surface area contributed by atoms with Crippen molar-refractivity contribution in [1.82, 2.24) is 25.4 Å². The number of aromatic nitrogens is 6. The van der Waals surface area contributed by atoms with E-state index < -0.39 is 6.03 Å². The van der Waals surface area contributed by atoms with Gasteiger partial charge < -0.3 is 25.5 Å². The average Bonchev–Trinajstić information content (AvgIpc) is 3.59. The number of nitrogens with zero attached hydrogens (tertiary/aromatic N) is 9. The topological polar surface area (TPSA) is 146 Å². The van der Waals surface area contributed by atoms with Crippen molar-refractivity contribution in [2.45, 2.75) is 52.4 Å². The number of H-pyrrole nitrogens is 1. The molecule has 5 rings (SSSR count). The lowest BCUT2D eigenvalue weighted by molar-refractivity contribution is -0.647. The van der Waals surface area contributed by atoms with Crippen molar-refractivity contribution in [1.29, 1.82) is 0 Å². The lowest BCUT2D eigenvalue weighted by atomic mass is 9.91. The minimum Gasteiger partial charge on any atom is -0.509 e. The number of anilines is 1. The molecule has 43 heavy (non-hydrogen) atoms. The fourth-order valence-electron chi connectivity index (χ4n) is 4.19. The van der Waals surface area contributed by atoms with Crippen molar-refractivity contribution in [3.05, 3.63) is 80.6 Å². The first-order valence-electron chi connectivity index (χ1n) is 13.1. The Hall–Kier alpha value is -4.73. The van der Waals surface area contributed by atoms with E-state index in [4.69, 9.17) is 34.8 Å². The third-order valence-corrected chi connectivity index (χ3v) is 6.67. The van der Waals surface area contributed by atoms with Crippen LogP contribution in [0.3, 0.4) is 0 Å². The van der Waals surface area contributed by atoms with Crippen LogP contribution < -0.4 is 20.1 Å². The number of halogens is 2. The van der Waals surface area contributed by atoms with E-state index in [1.807, 2.05) is 41.5 Å². The lowest BCUT2D eigenvalue weighted by Gasteiger charge is -2.23. The number of azo groups is 1. The number of aromatic amines is 1. The lowest BCUT2D eigenvalue weighted by Crippen LogP contribution is -2.31. The van der Waals surface area contributed by atoms with Gasteiger partial charge in [0.05, 0.1) is 6.57 Å². The number of hydrogen-bond donors (Lipinski definition) is 2. The van der Waals surface area contributed by atoms with Crippen LogP contribution >= 0.6 is 23.2 Å². The zero-order valence-electron chi connectivity index (χ0n) is 24.2. The van der Waals surface area contributed by atoms with E-state index in [9.17, 15) is 4.79 Å². The highest BCUT2D eigenvalue weighted by molar-refractivity contribution is 6.35. The van der Waals surface area contributed by atoms with Gasteiger partial charge >= 0.3 is 5.65 Å². The summed E-state index contributed by atoms with van der Waals surface area (Å²) in [5.74, 6) is 0.598. The van der Waals surface area contributed by atoms with E-state index >= 15 is 0 Å². The van der Waals surface area contributed by atoms with Crippen molar-refractivity contribution in [2.75, 3.05) is 5.32 Å². The molecule has 0 saturated carbocycles. The van der Waals surface area contributed by atoms with E-state index in [1.54, 1.807) is 42.5 Å². The predicted octanol–water partition coefficient (Wildman–Crippen LogP) is 8.23. The fraction of sp³-hybridized carbons (Fsp3) is 0.276. The third-order valence-electron chi connectivity index (χ3n) is 6.23. The van der Waals surface area contributed by atoms with Crippen LogP contribution in [0.15, 0.2) is 52.7 Å². The summed E-state index contributed by atoms with van der Waals surface area (Å²) in [5.41, 5.74) is 3.35. The first kappa shape index (κ1) is 29.8. The van der Waals surface area contributed by atoms with E-state index in [2.05, 4.69) is 46.1 Å². The number of urea groups is 1. The molecular formula is C29H27Cl2N11O-2. The SMILES string of the molecule is [C-]#[N+]c1c(N=Nc2c(C(C)(C)C)[n-][n+]3[n-]c(-c4ccc([N-]C(=O)Nc5cc(Cl)cc(Cl)c5)cc4)nc23)n[nH]c1C(C)(C)C. The van der Waals surface area contributed by atoms with E-state index in [1.165, 1.54) is 4.63 Å². The molecule has 2 amide bonds. The van der Waals surface area contributed by atoms with Gasteiger partial charge in [0.2, 0.25) is 5.82 Å². The first-order valence-corrected chi connectivity index (χ1v) is 13.9. The highest BCUT2D eigenvalue weighted by atomic mass is 35.5. The second-order valence-corrected chi connectivity index (χ2v) is 12.6. The molecule has 0 atom stereocenters. The number of amides is 2. The number of fused-ring (bicyclic) bond motifs is 1. The molecule has 0 saturated heterocycles. The fourth-order valence-corrected chi connectivity index (χ4v) is 4.72. The zero-order valence-corrected chi connectivity index (χ0v) is 25.7. The van der Waals surface area contributed by atoms with Gasteiger partial charge in [-0.2, -0.15) is 5.10 Å². The molecule has 0 aliphatic rings. The maximum Gasteiger partial charge on any atom is 0.325 e. The van der Waals surface area contributed by atoms with E-state index in [0.29, 0.717) is 61.2 Å². The number of benzene rings is 2. The largest absolute Gasteiger partial charge is 0.509 e. The molecule has 0 bridgehead atoms. The summed E-state index contributed by atoms with van der Waals surface area (Å²) < 4.78 is 1.42. The van der Waals surface area contributed by atoms with E-state index in [-0.39, 0.29) is 16.6 Å². The molecule has 0 unspecified atom stereocenters. The van der Waals surface area contributed by atoms with Gasteiger partial charge in [-0.25, -0.2) is 4.85 Å². The van der Waals surface area contributed by atoms with Crippen molar-refractivity contribution in [3.8, 4) is 11.4 Å². The highest BCUT2D eigenvalue weighted by Gasteiger charge is 2.25. The van der Waals surface area contributed by atoms with Crippen molar-refractivity contribution >= 4 is 63.4 Å². The summed E-state index contributed by atoms with van der Waals surface area (Å²) in [6.45, 7) is 19.6. The van der Waals surface area contributed by atoms with Crippen LogP contribution in [0, 0.1) is 6.57 Å². The first-order chi connectivity index (χ1) is 20.2. The standard InChI is InChI=1S/C29H28Cl2N11O/c1-28(2,3)22-20(32-7)25(39-37-22)38-36-21-23(29(4,5)6)40-42-26(21)35-24(41-42)15-8-10-18(11-9-15)33-27(43)34-19-13-16(30)12-17(31)14-19/h8-14H,1-6H3,(H3-2,33,34,35,36,37,38,39,40,41,43)/q-1/p-1. The molecule has 0 radical (unpaired) electrons. The van der Waals surface area contributed by atoms with Gasteiger partial charge in [-0.1, -0.05) is 99.7 Å². The molecule has 2 N–H and O–H groups in total. The molecule has 3 heterocycles. The number of rotatable bonds is 5. The second kappa shape index (κ2) is 11.2. The zero-order chi connectivity index (χ0) is 31.1. The second-order valence-electron chi connectivity index (χ2n) is 11.8. The Bertz CT molecular complexity index is 1880. The maximum atomic E-state index is 12.4. The summed E-state index contributed by atoms with van der Waals surface area (Å²) in [5, 5.41) is 32.7. The van der Waals surface area contributed by atoms with Crippen molar-refractivity contribution in [3.63, 3.8) is 0 Å². The van der Waals surface area contributed by atoms with Gasteiger partial charge in [0.1, 0.15) is 5.82 Å². The molecule has 0 aliphatic carbocycles. The molecule has 2 aromatic carbocycles. The molecule has 0 fully saturated rings. The summed E-state index contributed by atoms with van der Waals surface area (Å²) in [4.78, 5) is 20.7. The molecule has 5 aromatic rings. The Morgan fingerprint density at radius 3 is 2.30 bits per heavy atom. The summed E-state index contributed by atoms with van der Waals surface area (Å²) in [6, 6.07) is 11.0. The highest BCUT2D eigenvalue weighted by Crippen LogP contribution is 2.39. The quantitative estimate of drug-likeness (QED) is 0.116. The minimum absolute atomic E-state index is 0.195. The van der Waals surface area contributed by atoms with Crippen LogP contribution in [0.4, 0.5) is 33.4 Å². The van der Waals surface area contributed by atoms with Gasteiger partial charge in [-0.05, 0) is 40.4 Å². The van der Waals surface area contributed by atoms with Crippen LogP contribution in [0.1, 0.15) is 52.9 Å².